The summed E-state index contributed by atoms with van der Waals surface area (Å²) in [5.74, 6) is 0.916. The summed E-state index contributed by atoms with van der Waals surface area (Å²) in [7, 11) is 0. The van der Waals surface area contributed by atoms with E-state index in [2.05, 4.69) is 72.2 Å². The van der Waals surface area contributed by atoms with Crippen LogP contribution in [0.3, 0.4) is 0 Å². The van der Waals surface area contributed by atoms with Crippen molar-refractivity contribution in [3.05, 3.63) is 65.2 Å². The number of aliphatic hydroxyl groups excluding tert-OH is 2. The van der Waals surface area contributed by atoms with Crippen molar-refractivity contribution in [2.24, 2.45) is 0 Å². The number of aliphatic hydroxyl groups is 2. The smallest absolute Gasteiger partial charge is 0.119 e. The van der Waals surface area contributed by atoms with Gasteiger partial charge in [0.2, 0.25) is 0 Å². The number of piperazine rings is 1. The summed E-state index contributed by atoms with van der Waals surface area (Å²) in [6.45, 7) is 12.4. The molecular formula is C33H50N2O3. The zero-order valence-electron chi connectivity index (χ0n) is 24.1. The van der Waals surface area contributed by atoms with Gasteiger partial charge in [-0.05, 0) is 62.3 Å². The molecule has 0 bridgehead atoms. The highest BCUT2D eigenvalue weighted by atomic mass is 16.5. The predicted octanol–water partition coefficient (Wildman–Crippen LogP) is 5.54. The topological polar surface area (TPSA) is 56.2 Å². The van der Waals surface area contributed by atoms with Gasteiger partial charge in [-0.1, -0.05) is 75.6 Å². The molecule has 2 aromatic carbocycles. The predicted molar refractivity (Wildman–Crippen MR) is 156 cm³/mol. The summed E-state index contributed by atoms with van der Waals surface area (Å²) in [6.07, 6.45) is 6.75. The molecule has 1 saturated heterocycles. The lowest BCUT2D eigenvalue weighted by Crippen LogP contribution is -2.60. The van der Waals surface area contributed by atoms with E-state index >= 15 is 0 Å². The minimum absolute atomic E-state index is 0.0176. The minimum Gasteiger partial charge on any atom is -0.489 e. The average Bonchev–Trinajstić information content (AvgIpc) is 3.44. The molecule has 4 atom stereocenters. The summed E-state index contributed by atoms with van der Waals surface area (Å²) in [5.41, 5.74) is 4.24. The Kier molecular flexibility index (Phi) is 10.3. The lowest BCUT2D eigenvalue weighted by atomic mass is 9.73. The molecule has 2 aromatic rings. The quantitative estimate of drug-likeness (QED) is 0.383. The maximum Gasteiger partial charge on any atom is 0.119 e. The van der Waals surface area contributed by atoms with Crippen LogP contribution in [0.1, 0.15) is 82.4 Å². The fourth-order valence-corrected chi connectivity index (χ4v) is 6.54. The molecule has 1 aliphatic carbocycles. The van der Waals surface area contributed by atoms with Gasteiger partial charge in [0.15, 0.2) is 0 Å². The Hall–Kier alpha value is -1.92. The van der Waals surface area contributed by atoms with Gasteiger partial charge in [-0.25, -0.2) is 0 Å². The number of ether oxygens (including phenoxy) is 1. The van der Waals surface area contributed by atoms with E-state index in [4.69, 9.17) is 4.74 Å². The van der Waals surface area contributed by atoms with Crippen molar-refractivity contribution in [3.8, 4) is 5.75 Å². The lowest BCUT2D eigenvalue weighted by Gasteiger charge is -2.45. The Morgan fingerprint density at radius 2 is 1.39 bits per heavy atom. The molecule has 38 heavy (non-hydrogen) atoms. The second-order valence-corrected chi connectivity index (χ2v) is 11.7. The van der Waals surface area contributed by atoms with Crippen LogP contribution in [-0.4, -0.2) is 77.1 Å². The highest BCUT2D eigenvalue weighted by Gasteiger charge is 2.38. The van der Waals surface area contributed by atoms with Crippen LogP contribution in [0.5, 0.6) is 5.75 Å². The van der Waals surface area contributed by atoms with Gasteiger partial charge < -0.3 is 14.9 Å². The summed E-state index contributed by atoms with van der Waals surface area (Å²) in [6, 6.07) is 18.2. The SMILES string of the molecule is CCC(O)CN1CCN(CC(O)CC)C(C(CC)Oc2ccc(C3(c4ccc(C)cc4)CCCC3)cc2)C1. The van der Waals surface area contributed by atoms with E-state index < -0.39 is 0 Å². The van der Waals surface area contributed by atoms with E-state index in [0.29, 0.717) is 13.1 Å². The summed E-state index contributed by atoms with van der Waals surface area (Å²) >= 11 is 0. The highest BCUT2D eigenvalue weighted by molar-refractivity contribution is 5.43. The minimum atomic E-state index is -0.327. The van der Waals surface area contributed by atoms with E-state index in [1.807, 2.05) is 13.8 Å². The monoisotopic (exact) mass is 522 g/mol. The van der Waals surface area contributed by atoms with Gasteiger partial charge >= 0.3 is 0 Å². The van der Waals surface area contributed by atoms with E-state index in [1.165, 1.54) is 42.4 Å². The first kappa shape index (κ1) is 29.1. The number of hydrogen-bond donors (Lipinski definition) is 2. The molecule has 1 heterocycles. The lowest BCUT2D eigenvalue weighted by molar-refractivity contribution is -0.0285. The first-order valence-electron chi connectivity index (χ1n) is 15.0. The fourth-order valence-electron chi connectivity index (χ4n) is 6.54. The van der Waals surface area contributed by atoms with E-state index in [9.17, 15) is 10.2 Å². The van der Waals surface area contributed by atoms with E-state index in [0.717, 1.165) is 44.6 Å². The molecule has 5 nitrogen and oxygen atoms in total. The molecule has 2 N–H and O–H groups in total. The van der Waals surface area contributed by atoms with Crippen LogP contribution < -0.4 is 4.74 Å². The fraction of sp³-hybridized carbons (Fsp3) is 0.636. The Morgan fingerprint density at radius 1 is 0.816 bits per heavy atom. The number of hydrogen-bond acceptors (Lipinski definition) is 5. The molecule has 0 amide bonds. The standard InChI is InChI=1S/C33H50N2O3/c1-5-28(36)22-34-20-21-35(23-29(37)6-2)31(24-34)32(7-3)38-30-16-14-27(15-17-30)33(18-8-9-19-33)26-12-10-25(4)11-13-26/h10-17,28-29,31-32,36-37H,5-9,18-24H2,1-4H3. The highest BCUT2D eigenvalue weighted by Crippen LogP contribution is 2.46. The molecular weight excluding hydrogens is 472 g/mol. The molecule has 0 spiro atoms. The van der Waals surface area contributed by atoms with Gasteiger partial charge in [0.25, 0.3) is 0 Å². The summed E-state index contributed by atoms with van der Waals surface area (Å²) in [5, 5.41) is 20.7. The van der Waals surface area contributed by atoms with Gasteiger partial charge in [0.1, 0.15) is 11.9 Å². The van der Waals surface area contributed by atoms with Crippen molar-refractivity contribution >= 4 is 0 Å². The molecule has 2 fully saturated rings. The number of β-amino-alcohol motifs (C(OH)–C–C–N with tert-alkyl or cyclic N) is 2. The first-order chi connectivity index (χ1) is 18.4. The van der Waals surface area contributed by atoms with E-state index in [1.54, 1.807) is 0 Å². The third kappa shape index (κ3) is 6.80. The van der Waals surface area contributed by atoms with Crippen LogP contribution in [0, 0.1) is 6.92 Å². The molecule has 5 heteroatoms. The van der Waals surface area contributed by atoms with Gasteiger partial charge in [-0.2, -0.15) is 0 Å². The van der Waals surface area contributed by atoms with Crippen molar-refractivity contribution in [1.82, 2.24) is 9.80 Å². The normalized spacial score (nSPS) is 22.7. The van der Waals surface area contributed by atoms with Crippen molar-refractivity contribution in [1.29, 1.82) is 0 Å². The molecule has 4 rings (SSSR count). The Morgan fingerprint density at radius 3 is 1.97 bits per heavy atom. The first-order valence-corrected chi connectivity index (χ1v) is 15.0. The summed E-state index contributed by atoms with van der Waals surface area (Å²) < 4.78 is 6.69. The number of nitrogens with zero attached hydrogens (tertiary/aromatic N) is 2. The largest absolute Gasteiger partial charge is 0.489 e. The number of benzene rings is 2. The zero-order valence-corrected chi connectivity index (χ0v) is 24.1. The van der Waals surface area contributed by atoms with Crippen LogP contribution in [-0.2, 0) is 5.41 Å². The molecule has 210 valence electrons. The van der Waals surface area contributed by atoms with Crippen molar-refractivity contribution < 1.29 is 14.9 Å². The van der Waals surface area contributed by atoms with Gasteiger partial charge in [0, 0.05) is 38.1 Å². The maximum absolute atomic E-state index is 10.5. The molecule has 1 saturated carbocycles. The van der Waals surface area contributed by atoms with Crippen LogP contribution in [0.15, 0.2) is 48.5 Å². The zero-order chi connectivity index (χ0) is 27.1. The Bertz CT molecular complexity index is 971. The second-order valence-electron chi connectivity index (χ2n) is 11.7. The Balaban J connectivity index is 1.51. The van der Waals surface area contributed by atoms with E-state index in [-0.39, 0.29) is 29.8 Å². The van der Waals surface area contributed by atoms with Gasteiger partial charge in [-0.3, -0.25) is 9.80 Å². The molecule has 2 aliphatic rings. The molecule has 0 radical (unpaired) electrons. The third-order valence-corrected chi connectivity index (χ3v) is 9.06. The number of aryl methyl sites for hydroxylation is 1. The molecule has 4 unspecified atom stereocenters. The summed E-state index contributed by atoms with van der Waals surface area (Å²) in [4.78, 5) is 4.78. The second kappa shape index (κ2) is 13.4. The maximum atomic E-state index is 10.5. The van der Waals surface area contributed by atoms with Crippen molar-refractivity contribution in [2.75, 3.05) is 32.7 Å². The molecule has 1 aliphatic heterocycles. The Labute approximate surface area is 230 Å². The van der Waals surface area contributed by atoms with Crippen LogP contribution in [0.2, 0.25) is 0 Å². The average molecular weight is 523 g/mol. The third-order valence-electron chi connectivity index (χ3n) is 9.06. The van der Waals surface area contributed by atoms with Crippen LogP contribution in [0.25, 0.3) is 0 Å². The van der Waals surface area contributed by atoms with Gasteiger partial charge in [-0.15, -0.1) is 0 Å². The van der Waals surface area contributed by atoms with Crippen LogP contribution >= 0.6 is 0 Å². The van der Waals surface area contributed by atoms with Crippen molar-refractivity contribution in [2.45, 2.75) is 102 Å². The van der Waals surface area contributed by atoms with Crippen molar-refractivity contribution in [3.63, 3.8) is 0 Å². The van der Waals surface area contributed by atoms with Crippen LogP contribution in [0.4, 0.5) is 0 Å². The number of rotatable bonds is 12. The van der Waals surface area contributed by atoms with Gasteiger partial charge in [0.05, 0.1) is 18.2 Å². The molecule has 0 aromatic heterocycles.